The molecule has 1 N–H and O–H groups in total. The number of hydrogen-bond acceptors (Lipinski definition) is 9. The Morgan fingerprint density at radius 1 is 0.581 bits per heavy atom. The minimum Gasteiger partial charge on any atom is -0.459 e. The Kier molecular flexibility index (Phi) is 9.91. The van der Waals surface area contributed by atoms with Crippen LogP contribution in [0, 0.1) is 0 Å². The molecule has 43 heavy (non-hydrogen) atoms. The van der Waals surface area contributed by atoms with Gasteiger partial charge < -0.3 is 28.8 Å². The van der Waals surface area contributed by atoms with Gasteiger partial charge in [0.1, 0.15) is 18.8 Å². The van der Waals surface area contributed by atoms with Crippen LogP contribution in [-0.4, -0.2) is 60.3 Å². The molecule has 0 aromatic heterocycles. The first-order valence-electron chi connectivity index (χ1n) is 13.7. The van der Waals surface area contributed by atoms with Gasteiger partial charge in [-0.1, -0.05) is 84.9 Å². The molecule has 4 aromatic carbocycles. The van der Waals surface area contributed by atoms with Crippen molar-refractivity contribution in [2.24, 2.45) is 0 Å². The van der Waals surface area contributed by atoms with E-state index in [0.29, 0.717) is 5.56 Å². The van der Waals surface area contributed by atoms with Gasteiger partial charge in [-0.15, -0.1) is 0 Å². The summed E-state index contributed by atoms with van der Waals surface area (Å²) in [6.07, 6.45) is -6.71. The standard InChI is InChI=1S/C34H30O9/c35-31(24-15-7-2-8-16-24)40-22-27-28(42-32(36)25-17-9-3-10-18-25)29(39-21-23-13-5-1-6-14-23)30(34(38)41-27)43-33(37)26-19-11-4-12-20-26/h1-20,27-30,34,38H,21-22H2/t27-,28-,29-,30-,34-/m1/s1. The number of aliphatic hydroxyl groups excluding tert-OH is 1. The van der Waals surface area contributed by atoms with Gasteiger partial charge in [0, 0.05) is 0 Å². The average Bonchev–Trinajstić information content (AvgIpc) is 3.06. The summed E-state index contributed by atoms with van der Waals surface area (Å²) in [5, 5.41) is 11.1. The lowest BCUT2D eigenvalue weighted by Crippen LogP contribution is -2.62. The SMILES string of the molecule is O=C(OC[C@H]1O[C@@H](O)[C@H](OC(=O)c2ccccc2)[C@H](OCc2ccccc2)[C@@H]1OC(=O)c1ccccc1)c1ccccc1. The molecule has 1 saturated heterocycles. The fraction of sp³-hybridized carbons (Fsp3) is 0.206. The van der Waals surface area contributed by atoms with Gasteiger partial charge >= 0.3 is 17.9 Å². The zero-order chi connectivity index (χ0) is 30.0. The smallest absolute Gasteiger partial charge is 0.338 e. The van der Waals surface area contributed by atoms with Crippen molar-refractivity contribution in [3.05, 3.63) is 144 Å². The molecular weight excluding hydrogens is 552 g/mol. The molecule has 9 heteroatoms. The second-order valence-electron chi connectivity index (χ2n) is 9.76. The van der Waals surface area contributed by atoms with Crippen molar-refractivity contribution >= 4 is 17.9 Å². The Morgan fingerprint density at radius 3 is 1.53 bits per heavy atom. The van der Waals surface area contributed by atoms with Crippen LogP contribution in [0.4, 0.5) is 0 Å². The summed E-state index contributed by atoms with van der Waals surface area (Å²) in [7, 11) is 0. The summed E-state index contributed by atoms with van der Waals surface area (Å²) in [6, 6.07) is 34.1. The highest BCUT2D eigenvalue weighted by molar-refractivity contribution is 5.90. The molecule has 5 atom stereocenters. The summed E-state index contributed by atoms with van der Waals surface area (Å²) in [4.78, 5) is 39.0. The number of esters is 3. The largest absolute Gasteiger partial charge is 0.459 e. The molecule has 1 fully saturated rings. The van der Waals surface area contributed by atoms with Crippen LogP contribution in [0.1, 0.15) is 36.6 Å². The van der Waals surface area contributed by atoms with Crippen LogP contribution in [0.2, 0.25) is 0 Å². The van der Waals surface area contributed by atoms with Crippen molar-refractivity contribution in [3.8, 4) is 0 Å². The van der Waals surface area contributed by atoms with E-state index in [0.717, 1.165) is 5.56 Å². The molecule has 0 bridgehead atoms. The molecule has 0 radical (unpaired) electrons. The van der Waals surface area contributed by atoms with Gasteiger partial charge in [0.05, 0.1) is 23.3 Å². The highest BCUT2D eigenvalue weighted by Gasteiger charge is 2.51. The molecule has 0 spiro atoms. The van der Waals surface area contributed by atoms with E-state index in [9.17, 15) is 19.5 Å². The zero-order valence-electron chi connectivity index (χ0n) is 23.1. The average molecular weight is 583 g/mol. The number of hydrogen-bond donors (Lipinski definition) is 1. The van der Waals surface area contributed by atoms with Crippen molar-refractivity contribution in [1.82, 2.24) is 0 Å². The van der Waals surface area contributed by atoms with E-state index >= 15 is 0 Å². The number of aliphatic hydroxyl groups is 1. The molecule has 0 amide bonds. The molecule has 0 aliphatic carbocycles. The van der Waals surface area contributed by atoms with Gasteiger partial charge in [0.15, 0.2) is 18.5 Å². The lowest BCUT2D eigenvalue weighted by Gasteiger charge is -2.43. The Bertz CT molecular complexity index is 1480. The van der Waals surface area contributed by atoms with Gasteiger partial charge in [0.2, 0.25) is 0 Å². The Hall–Kier alpha value is -4.83. The van der Waals surface area contributed by atoms with E-state index in [1.807, 2.05) is 30.3 Å². The lowest BCUT2D eigenvalue weighted by atomic mass is 9.97. The Balaban J connectivity index is 1.44. The topological polar surface area (TPSA) is 118 Å². The van der Waals surface area contributed by atoms with Crippen molar-refractivity contribution in [3.63, 3.8) is 0 Å². The maximum absolute atomic E-state index is 13.3. The predicted molar refractivity (Wildman–Crippen MR) is 154 cm³/mol. The molecule has 5 rings (SSSR count). The van der Waals surface area contributed by atoms with Crippen LogP contribution in [0.3, 0.4) is 0 Å². The number of rotatable bonds is 10. The molecule has 9 nitrogen and oxygen atoms in total. The van der Waals surface area contributed by atoms with Gasteiger partial charge in [-0.25, -0.2) is 14.4 Å². The fourth-order valence-electron chi connectivity index (χ4n) is 4.60. The number of ether oxygens (including phenoxy) is 5. The maximum atomic E-state index is 13.3. The molecule has 1 aliphatic rings. The third-order valence-corrected chi connectivity index (χ3v) is 6.79. The number of carbonyl (C=O) groups excluding carboxylic acids is 3. The van der Waals surface area contributed by atoms with Crippen LogP contribution < -0.4 is 0 Å². The summed E-state index contributed by atoms with van der Waals surface area (Å²) in [5.74, 6) is -2.07. The second kappa shape index (κ2) is 14.4. The molecule has 1 aliphatic heterocycles. The van der Waals surface area contributed by atoms with E-state index in [1.165, 1.54) is 0 Å². The first-order valence-corrected chi connectivity index (χ1v) is 13.7. The monoisotopic (exact) mass is 582 g/mol. The maximum Gasteiger partial charge on any atom is 0.338 e. The van der Waals surface area contributed by atoms with E-state index in [1.54, 1.807) is 91.0 Å². The van der Waals surface area contributed by atoms with Crippen LogP contribution in [0.5, 0.6) is 0 Å². The Labute approximate surface area is 248 Å². The fourth-order valence-corrected chi connectivity index (χ4v) is 4.60. The van der Waals surface area contributed by atoms with Crippen LogP contribution in [0.25, 0.3) is 0 Å². The third-order valence-electron chi connectivity index (χ3n) is 6.79. The van der Waals surface area contributed by atoms with E-state index < -0.39 is 48.6 Å². The first kappa shape index (κ1) is 29.7. The zero-order valence-corrected chi connectivity index (χ0v) is 23.1. The number of carbonyl (C=O) groups is 3. The van der Waals surface area contributed by atoms with Gasteiger partial charge in [-0.3, -0.25) is 0 Å². The van der Waals surface area contributed by atoms with E-state index in [4.69, 9.17) is 23.7 Å². The molecule has 4 aromatic rings. The van der Waals surface area contributed by atoms with Crippen molar-refractivity contribution in [2.75, 3.05) is 6.61 Å². The van der Waals surface area contributed by atoms with Crippen molar-refractivity contribution < 1.29 is 43.2 Å². The van der Waals surface area contributed by atoms with Gasteiger partial charge in [0.25, 0.3) is 0 Å². The third kappa shape index (κ3) is 7.72. The lowest BCUT2D eigenvalue weighted by molar-refractivity contribution is -0.294. The van der Waals surface area contributed by atoms with E-state index in [-0.39, 0.29) is 24.3 Å². The van der Waals surface area contributed by atoms with Crippen molar-refractivity contribution in [2.45, 2.75) is 37.3 Å². The molecule has 1 heterocycles. The number of benzene rings is 4. The van der Waals surface area contributed by atoms with Crippen LogP contribution in [0.15, 0.2) is 121 Å². The van der Waals surface area contributed by atoms with Gasteiger partial charge in [-0.05, 0) is 42.0 Å². The summed E-state index contributed by atoms with van der Waals surface area (Å²) >= 11 is 0. The Morgan fingerprint density at radius 2 is 1.02 bits per heavy atom. The van der Waals surface area contributed by atoms with Gasteiger partial charge in [-0.2, -0.15) is 0 Å². The molecule has 220 valence electrons. The predicted octanol–water partition coefficient (Wildman–Crippen LogP) is 4.60. The minimum absolute atomic E-state index is 0.0352. The minimum atomic E-state index is -1.69. The first-order chi connectivity index (χ1) is 21.0. The summed E-state index contributed by atoms with van der Waals surface area (Å²) in [5.41, 5.74) is 1.60. The van der Waals surface area contributed by atoms with Crippen molar-refractivity contribution in [1.29, 1.82) is 0 Å². The highest BCUT2D eigenvalue weighted by Crippen LogP contribution is 2.30. The van der Waals surface area contributed by atoms with Crippen LogP contribution in [-0.2, 0) is 30.3 Å². The summed E-state index contributed by atoms with van der Waals surface area (Å²) in [6.45, 7) is -0.352. The molecule has 0 unspecified atom stereocenters. The van der Waals surface area contributed by atoms with Crippen LogP contribution >= 0.6 is 0 Å². The molecule has 0 saturated carbocycles. The molecular formula is C34H30O9. The van der Waals surface area contributed by atoms with E-state index in [2.05, 4.69) is 0 Å². The highest BCUT2D eigenvalue weighted by atomic mass is 16.7. The second-order valence-corrected chi connectivity index (χ2v) is 9.76. The quantitative estimate of drug-likeness (QED) is 0.212. The normalized spacial score (nSPS) is 21.4. The summed E-state index contributed by atoms with van der Waals surface area (Å²) < 4.78 is 29.1.